The van der Waals surface area contributed by atoms with Crippen LogP contribution in [0.2, 0.25) is 0 Å². The van der Waals surface area contributed by atoms with Gasteiger partial charge in [-0.15, -0.1) is 0 Å². The molecule has 210 valence electrons. The highest BCUT2D eigenvalue weighted by Crippen LogP contribution is 2.29. The number of nitrogens with one attached hydrogen (secondary N) is 3. The Morgan fingerprint density at radius 2 is 1.62 bits per heavy atom. The third-order valence-corrected chi connectivity index (χ3v) is 7.06. The van der Waals surface area contributed by atoms with Crippen LogP contribution in [0.1, 0.15) is 79.1 Å². The number of esters is 1. The maximum Gasteiger partial charge on any atom is 0.328 e. The Hall–Kier alpha value is -2.69. The van der Waals surface area contributed by atoms with Gasteiger partial charge in [-0.25, -0.2) is 9.59 Å². The van der Waals surface area contributed by atoms with Crippen molar-refractivity contribution in [3.8, 4) is 0 Å². The molecule has 4 amide bonds. The number of carbonyl (C=O) groups is 5. The first-order valence-electron chi connectivity index (χ1n) is 13.3. The summed E-state index contributed by atoms with van der Waals surface area (Å²) >= 11 is 0. The molecule has 0 radical (unpaired) electrons. The molecule has 2 unspecified atom stereocenters. The van der Waals surface area contributed by atoms with Crippen LogP contribution in [0, 0.1) is 5.41 Å². The number of ketones is 1. The molecular formula is C26H44N4O7. The minimum Gasteiger partial charge on any atom is -0.467 e. The van der Waals surface area contributed by atoms with E-state index < -0.39 is 46.6 Å². The normalized spacial score (nSPS) is 19.2. The van der Waals surface area contributed by atoms with Crippen LogP contribution in [-0.2, 0) is 28.7 Å². The predicted molar refractivity (Wildman–Crippen MR) is 137 cm³/mol. The first-order valence-corrected chi connectivity index (χ1v) is 13.3. The molecule has 2 aliphatic rings. The summed E-state index contributed by atoms with van der Waals surface area (Å²) in [4.78, 5) is 66.7. The predicted octanol–water partition coefficient (Wildman–Crippen LogP) is 1.68. The second-order valence-electron chi connectivity index (χ2n) is 11.0. The summed E-state index contributed by atoms with van der Waals surface area (Å²) in [7, 11) is 1.22. The van der Waals surface area contributed by atoms with E-state index in [0.29, 0.717) is 45.6 Å². The third-order valence-electron chi connectivity index (χ3n) is 7.06. The zero-order valence-corrected chi connectivity index (χ0v) is 22.9. The number of morpholine rings is 1. The Bertz CT molecular complexity index is 827. The number of ether oxygens (including phenoxy) is 2. The number of hydrogen-bond donors (Lipinski definition) is 3. The number of amides is 4. The molecule has 0 bridgehead atoms. The minimum atomic E-state index is -1.16. The summed E-state index contributed by atoms with van der Waals surface area (Å²) in [6, 6.07) is -2.44. The van der Waals surface area contributed by atoms with Gasteiger partial charge in [0.25, 0.3) is 5.91 Å². The lowest BCUT2D eigenvalue weighted by Gasteiger charge is -2.39. The molecular weight excluding hydrogens is 480 g/mol. The van der Waals surface area contributed by atoms with Gasteiger partial charge in [0.05, 0.1) is 26.4 Å². The molecule has 11 heteroatoms. The molecule has 1 heterocycles. The van der Waals surface area contributed by atoms with Crippen LogP contribution in [0.25, 0.3) is 0 Å². The fourth-order valence-corrected chi connectivity index (χ4v) is 4.70. The van der Waals surface area contributed by atoms with Gasteiger partial charge in [-0.3, -0.25) is 14.4 Å². The zero-order chi connectivity index (χ0) is 27.6. The van der Waals surface area contributed by atoms with Crippen molar-refractivity contribution in [3.05, 3.63) is 0 Å². The van der Waals surface area contributed by atoms with E-state index in [4.69, 9.17) is 9.47 Å². The van der Waals surface area contributed by atoms with Gasteiger partial charge in [-0.2, -0.15) is 0 Å². The second-order valence-corrected chi connectivity index (χ2v) is 11.0. The van der Waals surface area contributed by atoms with E-state index in [1.54, 1.807) is 25.7 Å². The summed E-state index contributed by atoms with van der Waals surface area (Å²) in [6.07, 6.45) is 5.00. The van der Waals surface area contributed by atoms with E-state index in [9.17, 15) is 24.0 Å². The number of rotatable bonds is 10. The molecule has 1 aliphatic heterocycles. The summed E-state index contributed by atoms with van der Waals surface area (Å²) in [6.45, 7) is 8.96. The van der Waals surface area contributed by atoms with Crippen molar-refractivity contribution in [2.75, 3.05) is 33.4 Å². The lowest BCUT2D eigenvalue weighted by molar-refractivity contribution is -0.150. The van der Waals surface area contributed by atoms with Gasteiger partial charge < -0.3 is 30.3 Å². The molecule has 0 aromatic heterocycles. The minimum absolute atomic E-state index is 0.264. The fourth-order valence-electron chi connectivity index (χ4n) is 4.70. The van der Waals surface area contributed by atoms with Crippen LogP contribution in [0.4, 0.5) is 4.79 Å². The van der Waals surface area contributed by atoms with Gasteiger partial charge in [-0.05, 0) is 24.7 Å². The molecule has 0 aromatic rings. The van der Waals surface area contributed by atoms with Crippen LogP contribution in [0.5, 0.6) is 0 Å². The van der Waals surface area contributed by atoms with Crippen molar-refractivity contribution in [1.82, 2.24) is 20.9 Å². The first-order chi connectivity index (χ1) is 17.4. The summed E-state index contributed by atoms with van der Waals surface area (Å²) in [5, 5.41) is 8.23. The Labute approximate surface area is 219 Å². The molecule has 2 atom stereocenters. The number of nitrogens with zero attached hydrogens (tertiary/aromatic N) is 1. The SMILES string of the molecule is CCCCC(NC(=O)C1(NC(=O)N2CCOCC2)CCCCC1)C(=O)C(=O)NC(C(=O)OC)C(C)(C)C. The highest BCUT2D eigenvalue weighted by atomic mass is 16.5. The van der Waals surface area contributed by atoms with Crippen LogP contribution >= 0.6 is 0 Å². The average Bonchev–Trinajstić information content (AvgIpc) is 2.88. The second kappa shape index (κ2) is 13.7. The van der Waals surface area contributed by atoms with Crippen LogP contribution < -0.4 is 16.0 Å². The van der Waals surface area contributed by atoms with Gasteiger partial charge in [0.2, 0.25) is 11.7 Å². The summed E-state index contributed by atoms with van der Waals surface area (Å²) < 4.78 is 10.1. The van der Waals surface area contributed by atoms with Crippen molar-refractivity contribution in [1.29, 1.82) is 0 Å². The maximum atomic E-state index is 13.6. The number of Topliss-reactive ketones (excluding diaryl/α,β-unsaturated/α-hetero) is 1. The monoisotopic (exact) mass is 524 g/mol. The molecule has 0 aromatic carbocycles. The zero-order valence-electron chi connectivity index (χ0n) is 22.9. The summed E-state index contributed by atoms with van der Waals surface area (Å²) in [5.41, 5.74) is -1.85. The van der Waals surface area contributed by atoms with E-state index in [0.717, 1.165) is 25.7 Å². The Kier molecular flexibility index (Phi) is 11.3. The average molecular weight is 525 g/mol. The topological polar surface area (TPSA) is 143 Å². The molecule has 0 spiro atoms. The lowest BCUT2D eigenvalue weighted by Crippen LogP contribution is -2.65. The Morgan fingerprint density at radius 1 is 1.00 bits per heavy atom. The van der Waals surface area contributed by atoms with E-state index in [-0.39, 0.29) is 12.5 Å². The smallest absolute Gasteiger partial charge is 0.328 e. The van der Waals surface area contributed by atoms with Crippen LogP contribution in [-0.4, -0.2) is 85.5 Å². The van der Waals surface area contributed by atoms with Crippen molar-refractivity contribution in [3.63, 3.8) is 0 Å². The van der Waals surface area contributed by atoms with E-state index in [1.807, 2.05) is 6.92 Å². The fraction of sp³-hybridized carbons (Fsp3) is 0.808. The lowest BCUT2D eigenvalue weighted by atomic mass is 9.80. The van der Waals surface area contributed by atoms with E-state index >= 15 is 0 Å². The maximum absolute atomic E-state index is 13.6. The number of carbonyl (C=O) groups excluding carboxylic acids is 5. The highest BCUT2D eigenvalue weighted by molar-refractivity contribution is 6.38. The van der Waals surface area contributed by atoms with E-state index in [2.05, 4.69) is 16.0 Å². The third kappa shape index (κ3) is 8.41. The molecule has 1 saturated carbocycles. The molecule has 1 aliphatic carbocycles. The van der Waals surface area contributed by atoms with E-state index in [1.165, 1.54) is 7.11 Å². The number of hydrogen-bond acceptors (Lipinski definition) is 7. The van der Waals surface area contributed by atoms with Crippen molar-refractivity contribution < 1.29 is 33.4 Å². The van der Waals surface area contributed by atoms with Gasteiger partial charge >= 0.3 is 12.0 Å². The molecule has 2 fully saturated rings. The molecule has 3 N–H and O–H groups in total. The van der Waals surface area contributed by atoms with Gasteiger partial charge in [0.15, 0.2) is 0 Å². The van der Waals surface area contributed by atoms with Crippen LogP contribution in [0.15, 0.2) is 0 Å². The molecule has 1 saturated heterocycles. The number of methoxy groups -OCH3 is 1. The standard InChI is InChI=1S/C26H44N4O7/c1-6-7-11-18(19(31)21(32)28-20(22(33)36-5)25(2,3)4)27-23(34)26(12-9-8-10-13-26)29-24(35)30-14-16-37-17-15-30/h18,20H,6-17H2,1-5H3,(H,27,34)(H,28,32)(H,29,35). The number of urea groups is 1. The van der Waals surface area contributed by atoms with Gasteiger partial charge in [0.1, 0.15) is 11.6 Å². The number of unbranched alkanes of at least 4 members (excludes halogenated alkanes) is 1. The Balaban J connectivity index is 2.20. The van der Waals surface area contributed by atoms with Crippen molar-refractivity contribution >= 4 is 29.6 Å². The van der Waals surface area contributed by atoms with Gasteiger partial charge in [-0.1, -0.05) is 59.8 Å². The molecule has 37 heavy (non-hydrogen) atoms. The quantitative estimate of drug-likeness (QED) is 0.291. The molecule has 11 nitrogen and oxygen atoms in total. The summed E-state index contributed by atoms with van der Waals surface area (Å²) in [5.74, 6) is -2.90. The molecule has 2 rings (SSSR count). The van der Waals surface area contributed by atoms with Crippen LogP contribution in [0.3, 0.4) is 0 Å². The van der Waals surface area contributed by atoms with Crippen molar-refractivity contribution in [2.45, 2.75) is 96.7 Å². The Morgan fingerprint density at radius 3 is 2.16 bits per heavy atom. The highest BCUT2D eigenvalue weighted by Gasteiger charge is 2.44. The van der Waals surface area contributed by atoms with Crippen molar-refractivity contribution in [2.24, 2.45) is 5.41 Å². The van der Waals surface area contributed by atoms with Gasteiger partial charge in [0, 0.05) is 13.1 Å². The largest absolute Gasteiger partial charge is 0.467 e. The first kappa shape index (κ1) is 30.5.